The molecule has 0 atom stereocenters. The Balaban J connectivity index is 1.76. The van der Waals surface area contributed by atoms with Gasteiger partial charge in [-0.3, -0.25) is 0 Å². The SMILES string of the molecule is Cc1ccc(CNc2cc(C)nc(Nc3cccc(Cl)c3C)n2)cc1. The molecule has 0 saturated carbocycles. The zero-order chi connectivity index (χ0) is 17.8. The van der Waals surface area contributed by atoms with Crippen LogP contribution >= 0.6 is 11.6 Å². The van der Waals surface area contributed by atoms with Crippen molar-refractivity contribution >= 4 is 29.1 Å². The van der Waals surface area contributed by atoms with Crippen LogP contribution in [0.15, 0.2) is 48.5 Å². The molecule has 2 N–H and O–H groups in total. The fraction of sp³-hybridized carbons (Fsp3) is 0.200. The molecule has 0 bridgehead atoms. The minimum Gasteiger partial charge on any atom is -0.366 e. The molecule has 1 heterocycles. The third-order valence-electron chi connectivity index (χ3n) is 3.96. The van der Waals surface area contributed by atoms with Gasteiger partial charge in [0.1, 0.15) is 5.82 Å². The van der Waals surface area contributed by atoms with Gasteiger partial charge < -0.3 is 10.6 Å². The highest BCUT2D eigenvalue weighted by Crippen LogP contribution is 2.25. The molecule has 0 spiro atoms. The van der Waals surface area contributed by atoms with Crippen molar-refractivity contribution in [2.75, 3.05) is 10.6 Å². The predicted octanol–water partition coefficient (Wildman–Crippen LogP) is 5.41. The van der Waals surface area contributed by atoms with Gasteiger partial charge in [-0.1, -0.05) is 47.5 Å². The van der Waals surface area contributed by atoms with Gasteiger partial charge in [-0.05, 0) is 44.0 Å². The van der Waals surface area contributed by atoms with Gasteiger partial charge in [0.15, 0.2) is 0 Å². The zero-order valence-corrected chi connectivity index (χ0v) is 15.4. The summed E-state index contributed by atoms with van der Waals surface area (Å²) < 4.78 is 0. The maximum absolute atomic E-state index is 6.18. The van der Waals surface area contributed by atoms with E-state index in [4.69, 9.17) is 11.6 Å². The molecular formula is C20H21ClN4. The maximum atomic E-state index is 6.18. The van der Waals surface area contributed by atoms with Crippen LogP contribution in [0.2, 0.25) is 5.02 Å². The normalized spacial score (nSPS) is 10.6. The largest absolute Gasteiger partial charge is 0.366 e. The van der Waals surface area contributed by atoms with E-state index in [2.05, 4.69) is 51.8 Å². The second kappa shape index (κ2) is 7.53. The second-order valence-electron chi connectivity index (χ2n) is 6.09. The number of nitrogens with one attached hydrogen (secondary N) is 2. The van der Waals surface area contributed by atoms with E-state index < -0.39 is 0 Å². The fourth-order valence-electron chi connectivity index (χ4n) is 2.48. The molecule has 3 aromatic rings. The van der Waals surface area contributed by atoms with Gasteiger partial charge >= 0.3 is 0 Å². The molecule has 3 rings (SSSR count). The number of hydrogen-bond acceptors (Lipinski definition) is 4. The number of aromatic nitrogens is 2. The number of anilines is 3. The summed E-state index contributed by atoms with van der Waals surface area (Å²) in [6, 6.07) is 16.1. The number of aryl methyl sites for hydroxylation is 2. The summed E-state index contributed by atoms with van der Waals surface area (Å²) in [7, 11) is 0. The summed E-state index contributed by atoms with van der Waals surface area (Å²) in [6.07, 6.45) is 0. The van der Waals surface area contributed by atoms with Crippen molar-refractivity contribution < 1.29 is 0 Å². The van der Waals surface area contributed by atoms with E-state index in [1.807, 2.05) is 38.1 Å². The summed E-state index contributed by atoms with van der Waals surface area (Å²) in [5.41, 5.74) is 5.24. The summed E-state index contributed by atoms with van der Waals surface area (Å²) in [5, 5.41) is 7.33. The van der Waals surface area contributed by atoms with Crippen LogP contribution in [0.1, 0.15) is 22.4 Å². The number of nitrogens with zero attached hydrogens (tertiary/aromatic N) is 2. The Morgan fingerprint density at radius 1 is 0.960 bits per heavy atom. The lowest BCUT2D eigenvalue weighted by molar-refractivity contribution is 1.06. The Bertz CT molecular complexity index is 875. The Morgan fingerprint density at radius 3 is 2.48 bits per heavy atom. The van der Waals surface area contributed by atoms with Crippen molar-refractivity contribution in [1.82, 2.24) is 9.97 Å². The topological polar surface area (TPSA) is 49.8 Å². The first-order valence-electron chi connectivity index (χ1n) is 8.18. The molecule has 0 aliphatic heterocycles. The van der Waals surface area contributed by atoms with Crippen LogP contribution in [0.5, 0.6) is 0 Å². The van der Waals surface area contributed by atoms with Crippen LogP contribution < -0.4 is 10.6 Å². The van der Waals surface area contributed by atoms with Crippen LogP contribution in [-0.2, 0) is 6.54 Å². The van der Waals surface area contributed by atoms with Crippen LogP contribution in [0.3, 0.4) is 0 Å². The number of halogens is 1. The Labute approximate surface area is 153 Å². The van der Waals surface area contributed by atoms with Crippen LogP contribution in [0.25, 0.3) is 0 Å². The molecule has 0 fully saturated rings. The van der Waals surface area contributed by atoms with Gasteiger partial charge in [0.25, 0.3) is 0 Å². The molecule has 0 unspecified atom stereocenters. The molecule has 5 heteroatoms. The highest BCUT2D eigenvalue weighted by atomic mass is 35.5. The first-order valence-corrected chi connectivity index (χ1v) is 8.56. The van der Waals surface area contributed by atoms with Gasteiger partial charge in [-0.2, -0.15) is 4.98 Å². The van der Waals surface area contributed by atoms with E-state index in [-0.39, 0.29) is 0 Å². The molecule has 128 valence electrons. The molecule has 0 aliphatic carbocycles. The van der Waals surface area contributed by atoms with Gasteiger partial charge in [0.2, 0.25) is 5.95 Å². The molecule has 0 aliphatic rings. The first-order chi connectivity index (χ1) is 12.0. The third-order valence-corrected chi connectivity index (χ3v) is 4.37. The van der Waals surface area contributed by atoms with Gasteiger partial charge in [-0.15, -0.1) is 0 Å². The molecule has 0 saturated heterocycles. The highest BCUT2D eigenvalue weighted by Gasteiger charge is 2.06. The van der Waals surface area contributed by atoms with Crippen molar-refractivity contribution in [3.05, 3.63) is 75.9 Å². The predicted molar refractivity (Wildman–Crippen MR) is 105 cm³/mol. The minimum atomic E-state index is 0.553. The van der Waals surface area contributed by atoms with Crippen molar-refractivity contribution in [3.63, 3.8) is 0 Å². The van der Waals surface area contributed by atoms with Crippen molar-refractivity contribution in [3.8, 4) is 0 Å². The average Bonchev–Trinajstić information content (AvgIpc) is 2.58. The highest BCUT2D eigenvalue weighted by molar-refractivity contribution is 6.31. The van der Waals surface area contributed by atoms with E-state index >= 15 is 0 Å². The standard InChI is InChI=1S/C20H21ClN4/c1-13-7-9-16(10-8-13)12-22-19-11-14(2)23-20(25-19)24-18-6-4-5-17(21)15(18)3/h4-11H,12H2,1-3H3,(H2,22,23,24,25). The zero-order valence-electron chi connectivity index (χ0n) is 14.6. The Morgan fingerprint density at radius 2 is 1.72 bits per heavy atom. The third kappa shape index (κ3) is 4.48. The lowest BCUT2D eigenvalue weighted by Gasteiger charge is -2.12. The molecular weight excluding hydrogens is 332 g/mol. The van der Waals surface area contributed by atoms with Crippen LogP contribution in [-0.4, -0.2) is 9.97 Å². The van der Waals surface area contributed by atoms with Gasteiger partial charge in [0, 0.05) is 29.0 Å². The van der Waals surface area contributed by atoms with Crippen LogP contribution in [0.4, 0.5) is 17.5 Å². The lowest BCUT2D eigenvalue weighted by atomic mass is 10.1. The summed E-state index contributed by atoms with van der Waals surface area (Å²) in [5.74, 6) is 1.34. The number of rotatable bonds is 5. The van der Waals surface area contributed by atoms with E-state index in [1.165, 1.54) is 11.1 Å². The molecule has 0 radical (unpaired) electrons. The summed E-state index contributed by atoms with van der Waals surface area (Å²) in [6.45, 7) is 6.72. The minimum absolute atomic E-state index is 0.553. The molecule has 1 aromatic heterocycles. The lowest BCUT2D eigenvalue weighted by Crippen LogP contribution is -2.06. The van der Waals surface area contributed by atoms with E-state index in [9.17, 15) is 0 Å². The molecule has 2 aromatic carbocycles. The number of benzene rings is 2. The van der Waals surface area contributed by atoms with Crippen LogP contribution in [0, 0.1) is 20.8 Å². The summed E-state index contributed by atoms with van der Waals surface area (Å²) in [4.78, 5) is 9.02. The second-order valence-corrected chi connectivity index (χ2v) is 6.50. The Kier molecular flexibility index (Phi) is 5.19. The van der Waals surface area contributed by atoms with Gasteiger partial charge in [0.05, 0.1) is 0 Å². The monoisotopic (exact) mass is 352 g/mol. The number of hydrogen-bond donors (Lipinski definition) is 2. The maximum Gasteiger partial charge on any atom is 0.229 e. The quantitative estimate of drug-likeness (QED) is 0.644. The van der Waals surface area contributed by atoms with Crippen molar-refractivity contribution in [2.24, 2.45) is 0 Å². The van der Waals surface area contributed by atoms with Crippen molar-refractivity contribution in [2.45, 2.75) is 27.3 Å². The molecule has 4 nitrogen and oxygen atoms in total. The summed E-state index contributed by atoms with van der Waals surface area (Å²) >= 11 is 6.18. The van der Waals surface area contributed by atoms with E-state index in [1.54, 1.807) is 0 Å². The Hall–Kier alpha value is -2.59. The first kappa shape index (κ1) is 17.2. The van der Waals surface area contributed by atoms with E-state index in [0.29, 0.717) is 12.5 Å². The average molecular weight is 353 g/mol. The molecule has 25 heavy (non-hydrogen) atoms. The van der Waals surface area contributed by atoms with Gasteiger partial charge in [-0.25, -0.2) is 4.98 Å². The van der Waals surface area contributed by atoms with Crippen molar-refractivity contribution in [1.29, 1.82) is 0 Å². The fourth-order valence-corrected chi connectivity index (χ4v) is 2.65. The smallest absolute Gasteiger partial charge is 0.229 e. The van der Waals surface area contributed by atoms with E-state index in [0.717, 1.165) is 27.8 Å². The molecule has 0 amide bonds.